The van der Waals surface area contributed by atoms with Crippen LogP contribution in [0.3, 0.4) is 0 Å². The van der Waals surface area contributed by atoms with Crippen LogP contribution in [0, 0.1) is 0 Å². The number of hydrogen-bond acceptors (Lipinski definition) is 3. The quantitative estimate of drug-likeness (QED) is 0.542. The average molecular weight is 342 g/mol. The smallest absolute Gasteiger partial charge is 0.191 e. The number of aliphatic imine (C=N–C) groups is 1. The Bertz CT molecular complexity index is 633. The highest BCUT2D eigenvalue weighted by Gasteiger charge is 2.06. The number of nitrogens with zero attached hydrogens (tertiary/aromatic N) is 2. The van der Waals surface area contributed by atoms with Crippen molar-refractivity contribution in [3.05, 3.63) is 59.5 Å². The number of hydrogen-bond donors (Lipinski definition) is 2. The minimum atomic E-state index is 0.625. The Labute approximate surface area is 151 Å². The van der Waals surface area contributed by atoms with Crippen molar-refractivity contribution in [2.24, 2.45) is 4.99 Å². The number of rotatable bonds is 9. The third-order valence-corrected chi connectivity index (χ3v) is 4.17. The second-order valence-corrected chi connectivity index (χ2v) is 5.86. The Kier molecular flexibility index (Phi) is 8.05. The highest BCUT2D eigenvalue weighted by molar-refractivity contribution is 5.79. The largest absolute Gasteiger partial charge is 0.467 e. The summed E-state index contributed by atoms with van der Waals surface area (Å²) in [5, 5.41) is 6.60. The van der Waals surface area contributed by atoms with Crippen molar-refractivity contribution in [1.29, 1.82) is 0 Å². The molecular weight excluding hydrogens is 312 g/mol. The van der Waals surface area contributed by atoms with Gasteiger partial charge < -0.3 is 15.1 Å². The highest BCUT2D eigenvalue weighted by atomic mass is 16.3. The lowest BCUT2D eigenvalue weighted by molar-refractivity contribution is 0.295. The van der Waals surface area contributed by atoms with Gasteiger partial charge in [0.25, 0.3) is 0 Å². The molecule has 5 heteroatoms. The maximum absolute atomic E-state index is 5.36. The molecule has 2 aromatic rings. The first-order chi connectivity index (χ1) is 12.3. The van der Waals surface area contributed by atoms with Gasteiger partial charge in [0.1, 0.15) is 5.76 Å². The molecule has 1 aromatic heterocycles. The second-order valence-electron chi connectivity index (χ2n) is 5.86. The van der Waals surface area contributed by atoms with Crippen LogP contribution < -0.4 is 10.6 Å². The first kappa shape index (κ1) is 19.1. The van der Waals surface area contributed by atoms with Crippen molar-refractivity contribution >= 4 is 5.96 Å². The summed E-state index contributed by atoms with van der Waals surface area (Å²) in [5.74, 6) is 1.70. The fourth-order valence-electron chi connectivity index (χ4n) is 2.64. The van der Waals surface area contributed by atoms with Gasteiger partial charge in [0.2, 0.25) is 0 Å². The van der Waals surface area contributed by atoms with E-state index in [0.29, 0.717) is 13.1 Å². The summed E-state index contributed by atoms with van der Waals surface area (Å²) in [5.41, 5.74) is 2.61. The molecule has 136 valence electrons. The summed E-state index contributed by atoms with van der Waals surface area (Å²) < 4.78 is 5.36. The molecule has 0 saturated heterocycles. The Morgan fingerprint density at radius 3 is 2.40 bits per heavy atom. The van der Waals surface area contributed by atoms with Crippen LogP contribution in [-0.2, 0) is 19.6 Å². The van der Waals surface area contributed by atoms with Gasteiger partial charge in [-0.25, -0.2) is 4.99 Å². The van der Waals surface area contributed by atoms with Crippen LogP contribution in [0.1, 0.15) is 37.7 Å². The van der Waals surface area contributed by atoms with Gasteiger partial charge in [-0.3, -0.25) is 4.90 Å². The van der Waals surface area contributed by atoms with Gasteiger partial charge in [-0.1, -0.05) is 38.1 Å². The predicted octanol–water partition coefficient (Wildman–Crippen LogP) is 3.38. The first-order valence-corrected chi connectivity index (χ1v) is 9.10. The Hall–Kier alpha value is -2.27. The summed E-state index contributed by atoms with van der Waals surface area (Å²) in [6.45, 7) is 11.7. The third-order valence-electron chi connectivity index (χ3n) is 4.17. The number of benzene rings is 1. The normalized spacial score (nSPS) is 11.8. The predicted molar refractivity (Wildman–Crippen MR) is 103 cm³/mol. The zero-order valence-corrected chi connectivity index (χ0v) is 15.6. The van der Waals surface area contributed by atoms with E-state index in [1.165, 1.54) is 11.1 Å². The lowest BCUT2D eigenvalue weighted by Crippen LogP contribution is -2.36. The van der Waals surface area contributed by atoms with Gasteiger partial charge in [-0.15, -0.1) is 0 Å². The number of guanidine groups is 1. The van der Waals surface area contributed by atoms with E-state index in [0.717, 1.165) is 37.9 Å². The van der Waals surface area contributed by atoms with Crippen LogP contribution in [0.5, 0.6) is 0 Å². The molecule has 0 spiro atoms. The van der Waals surface area contributed by atoms with Gasteiger partial charge in [0.05, 0.1) is 19.4 Å². The molecule has 0 aliphatic heterocycles. The van der Waals surface area contributed by atoms with Gasteiger partial charge in [0.15, 0.2) is 5.96 Å². The Morgan fingerprint density at radius 2 is 1.76 bits per heavy atom. The fraction of sp³-hybridized carbons (Fsp3) is 0.450. The molecule has 25 heavy (non-hydrogen) atoms. The van der Waals surface area contributed by atoms with Crippen LogP contribution in [-0.4, -0.2) is 30.5 Å². The van der Waals surface area contributed by atoms with E-state index in [1.54, 1.807) is 6.26 Å². The topological polar surface area (TPSA) is 52.8 Å². The molecular formula is C20H30N4O. The van der Waals surface area contributed by atoms with Crippen LogP contribution in [0.15, 0.2) is 52.1 Å². The SMILES string of the molecule is CCNC(=NCc1ccccc1CN(CC)CC)NCc1ccco1. The zero-order valence-electron chi connectivity index (χ0n) is 15.6. The molecule has 0 bridgehead atoms. The molecule has 0 unspecified atom stereocenters. The Balaban J connectivity index is 2.03. The summed E-state index contributed by atoms with van der Waals surface area (Å²) in [6.07, 6.45) is 1.69. The van der Waals surface area contributed by atoms with Crippen molar-refractivity contribution in [2.75, 3.05) is 19.6 Å². The van der Waals surface area contributed by atoms with Crippen molar-refractivity contribution in [3.63, 3.8) is 0 Å². The van der Waals surface area contributed by atoms with Gasteiger partial charge in [-0.2, -0.15) is 0 Å². The van der Waals surface area contributed by atoms with E-state index in [2.05, 4.69) is 60.6 Å². The minimum absolute atomic E-state index is 0.625. The summed E-state index contributed by atoms with van der Waals surface area (Å²) in [4.78, 5) is 7.16. The van der Waals surface area contributed by atoms with Crippen LogP contribution in [0.4, 0.5) is 0 Å². The van der Waals surface area contributed by atoms with E-state index in [-0.39, 0.29) is 0 Å². The molecule has 1 aromatic carbocycles. The third kappa shape index (κ3) is 6.27. The molecule has 1 heterocycles. The molecule has 0 fully saturated rings. The number of furan rings is 1. The van der Waals surface area contributed by atoms with Crippen molar-refractivity contribution in [1.82, 2.24) is 15.5 Å². The summed E-state index contributed by atoms with van der Waals surface area (Å²) >= 11 is 0. The van der Waals surface area contributed by atoms with Crippen LogP contribution >= 0.6 is 0 Å². The minimum Gasteiger partial charge on any atom is -0.467 e. The van der Waals surface area contributed by atoms with Crippen LogP contribution in [0.25, 0.3) is 0 Å². The zero-order chi connectivity index (χ0) is 17.9. The summed E-state index contributed by atoms with van der Waals surface area (Å²) in [7, 11) is 0. The van der Waals surface area contributed by atoms with Crippen molar-refractivity contribution < 1.29 is 4.42 Å². The lowest BCUT2D eigenvalue weighted by Gasteiger charge is -2.20. The van der Waals surface area contributed by atoms with E-state index in [9.17, 15) is 0 Å². The standard InChI is InChI=1S/C20H30N4O/c1-4-21-20(23-15-19-12-9-13-25-19)22-14-17-10-7-8-11-18(17)16-24(5-2)6-3/h7-13H,4-6,14-16H2,1-3H3,(H2,21,22,23). The first-order valence-electron chi connectivity index (χ1n) is 9.10. The molecule has 5 nitrogen and oxygen atoms in total. The molecule has 0 radical (unpaired) electrons. The van der Waals surface area contributed by atoms with E-state index in [4.69, 9.17) is 9.41 Å². The molecule has 2 rings (SSSR count). The van der Waals surface area contributed by atoms with E-state index < -0.39 is 0 Å². The molecule has 0 atom stereocenters. The van der Waals surface area contributed by atoms with Crippen molar-refractivity contribution in [3.8, 4) is 0 Å². The monoisotopic (exact) mass is 342 g/mol. The molecule has 0 saturated carbocycles. The van der Waals surface area contributed by atoms with Crippen LogP contribution in [0.2, 0.25) is 0 Å². The molecule has 0 aliphatic carbocycles. The fourth-order valence-corrected chi connectivity index (χ4v) is 2.64. The lowest BCUT2D eigenvalue weighted by atomic mass is 10.1. The maximum atomic E-state index is 5.36. The molecule has 0 amide bonds. The second kappa shape index (κ2) is 10.6. The maximum Gasteiger partial charge on any atom is 0.191 e. The van der Waals surface area contributed by atoms with E-state index >= 15 is 0 Å². The summed E-state index contributed by atoms with van der Waals surface area (Å²) in [6, 6.07) is 12.4. The highest BCUT2D eigenvalue weighted by Crippen LogP contribution is 2.13. The average Bonchev–Trinajstić information content (AvgIpc) is 3.16. The van der Waals surface area contributed by atoms with Crippen molar-refractivity contribution in [2.45, 2.75) is 40.4 Å². The Morgan fingerprint density at radius 1 is 1.00 bits per heavy atom. The van der Waals surface area contributed by atoms with E-state index in [1.807, 2.05) is 12.1 Å². The molecule has 2 N–H and O–H groups in total. The van der Waals surface area contributed by atoms with Gasteiger partial charge >= 0.3 is 0 Å². The molecule has 0 aliphatic rings. The van der Waals surface area contributed by atoms with Gasteiger partial charge in [0, 0.05) is 13.1 Å². The van der Waals surface area contributed by atoms with Gasteiger partial charge in [-0.05, 0) is 43.3 Å². The number of nitrogens with one attached hydrogen (secondary N) is 2.